The molecular weight excluding hydrogens is 779 g/mol. The van der Waals surface area contributed by atoms with Crippen molar-refractivity contribution in [2.45, 2.75) is 12.3 Å². The molecule has 0 saturated carbocycles. The first-order valence-corrected chi connectivity index (χ1v) is 21.9. The molecule has 3 heterocycles. The maximum absolute atomic E-state index is 6.34. The van der Waals surface area contributed by atoms with Gasteiger partial charge in [0.15, 0.2) is 5.82 Å². The summed E-state index contributed by atoms with van der Waals surface area (Å²) in [5.41, 5.74) is 19.2. The Morgan fingerprint density at radius 3 is 1.95 bits per heavy atom. The Hall–Kier alpha value is -8.34. The van der Waals surface area contributed by atoms with Crippen LogP contribution in [0.1, 0.15) is 29.2 Å². The van der Waals surface area contributed by atoms with Gasteiger partial charge in [-0.25, -0.2) is 9.97 Å². The number of nitrogens with zero attached hydrogens (tertiary/aromatic N) is 3. The van der Waals surface area contributed by atoms with Gasteiger partial charge in [0, 0.05) is 43.9 Å². The number of benzene rings is 8. The predicted octanol–water partition coefficient (Wildman–Crippen LogP) is 15.3. The van der Waals surface area contributed by atoms with Crippen LogP contribution in [0.3, 0.4) is 0 Å². The molecule has 2 aliphatic rings. The topological polar surface area (TPSA) is 43.9 Å². The molecule has 8 aromatic carbocycles. The number of para-hydroxylation sites is 2. The predicted molar refractivity (Wildman–Crippen MR) is 264 cm³/mol. The average Bonchev–Trinajstić information content (AvgIpc) is 4.06. The number of hydrogen-bond acceptors (Lipinski definition) is 3. The highest BCUT2D eigenvalue weighted by molar-refractivity contribution is 6.12. The van der Waals surface area contributed by atoms with E-state index >= 15 is 0 Å². The highest BCUT2D eigenvalue weighted by Gasteiger charge is 2.52. The van der Waals surface area contributed by atoms with Crippen LogP contribution in [0.5, 0.6) is 0 Å². The minimum Gasteiger partial charge on any atom is -0.456 e. The van der Waals surface area contributed by atoms with Crippen molar-refractivity contribution in [2.24, 2.45) is 0 Å². The van der Waals surface area contributed by atoms with Gasteiger partial charge in [-0.15, -0.1) is 0 Å². The van der Waals surface area contributed by atoms with Crippen molar-refractivity contribution in [3.63, 3.8) is 0 Å². The zero-order valence-electron chi connectivity index (χ0n) is 35.1. The van der Waals surface area contributed by atoms with Gasteiger partial charge in [0.05, 0.1) is 27.8 Å². The largest absolute Gasteiger partial charge is 0.456 e. The van der Waals surface area contributed by atoms with Crippen LogP contribution in [0, 0.1) is 0 Å². The maximum atomic E-state index is 6.34. The highest BCUT2D eigenvalue weighted by Crippen LogP contribution is 2.63. The Labute approximate surface area is 370 Å². The summed E-state index contributed by atoms with van der Waals surface area (Å²) in [6.45, 7) is 6.60. The molecule has 0 aliphatic heterocycles. The summed E-state index contributed by atoms with van der Waals surface area (Å²) in [6.07, 6.45) is 6.53. The van der Waals surface area contributed by atoms with Crippen LogP contribution < -0.4 is 0 Å². The van der Waals surface area contributed by atoms with Crippen molar-refractivity contribution < 1.29 is 4.42 Å². The van der Waals surface area contributed by atoms with E-state index in [1.807, 2.05) is 18.2 Å². The third kappa shape index (κ3) is 5.05. The van der Waals surface area contributed by atoms with Gasteiger partial charge in [0.25, 0.3) is 0 Å². The molecule has 0 bridgehead atoms. The van der Waals surface area contributed by atoms with Gasteiger partial charge in [-0.3, -0.25) is 0 Å². The summed E-state index contributed by atoms with van der Waals surface area (Å²) >= 11 is 0. The Bertz CT molecular complexity index is 3780. The average molecular weight is 818 g/mol. The van der Waals surface area contributed by atoms with Crippen LogP contribution in [-0.4, -0.2) is 14.5 Å². The Kier molecular flexibility index (Phi) is 7.85. The van der Waals surface area contributed by atoms with E-state index in [-0.39, 0.29) is 0 Å². The fourth-order valence-corrected chi connectivity index (χ4v) is 10.9. The zero-order valence-corrected chi connectivity index (χ0v) is 35.1. The van der Waals surface area contributed by atoms with Crippen molar-refractivity contribution >= 4 is 49.3 Å². The minimum absolute atomic E-state index is 0.524. The van der Waals surface area contributed by atoms with Gasteiger partial charge in [-0.05, 0) is 106 Å². The Morgan fingerprint density at radius 2 is 1.17 bits per heavy atom. The van der Waals surface area contributed by atoms with E-state index in [0.717, 1.165) is 66.7 Å². The molecule has 0 N–H and O–H groups in total. The SMILES string of the molecule is C=CC1=C(/C=C\C)c2cc3c4ccccc4n(-c4cccc(-c5nc(-c6ccccc6)cc(-c6ccc7c(c6)oc6ccccc67)n5)c4)c3cc2C12c1ccccc1-c1ccccc12. The second kappa shape index (κ2) is 13.8. The molecule has 0 radical (unpaired) electrons. The summed E-state index contributed by atoms with van der Waals surface area (Å²) in [5, 5.41) is 4.59. The van der Waals surface area contributed by atoms with Crippen LogP contribution in [0.4, 0.5) is 0 Å². The molecule has 0 unspecified atom stereocenters. The number of rotatable bonds is 6. The lowest BCUT2D eigenvalue weighted by Gasteiger charge is -2.31. The van der Waals surface area contributed by atoms with E-state index < -0.39 is 5.41 Å². The van der Waals surface area contributed by atoms with Crippen molar-refractivity contribution in [1.29, 1.82) is 0 Å². The molecule has 0 fully saturated rings. The summed E-state index contributed by atoms with van der Waals surface area (Å²) in [6, 6.07) is 67.2. The number of allylic oxidation sites excluding steroid dienone is 5. The zero-order chi connectivity index (χ0) is 42.5. The third-order valence-electron chi connectivity index (χ3n) is 13.5. The van der Waals surface area contributed by atoms with Gasteiger partial charge in [0.1, 0.15) is 11.2 Å². The van der Waals surface area contributed by atoms with Crippen molar-refractivity contribution in [2.75, 3.05) is 0 Å². The second-order valence-corrected chi connectivity index (χ2v) is 16.8. The second-order valence-electron chi connectivity index (χ2n) is 16.8. The number of fused-ring (bicyclic) bond motifs is 13. The van der Waals surface area contributed by atoms with Gasteiger partial charge in [-0.1, -0.05) is 158 Å². The lowest BCUT2D eigenvalue weighted by atomic mass is 9.69. The summed E-state index contributed by atoms with van der Waals surface area (Å²) in [7, 11) is 0. The van der Waals surface area contributed by atoms with Crippen LogP contribution in [0.15, 0.2) is 223 Å². The minimum atomic E-state index is -0.524. The maximum Gasteiger partial charge on any atom is 0.160 e. The molecule has 1 spiro atoms. The smallest absolute Gasteiger partial charge is 0.160 e. The van der Waals surface area contributed by atoms with Gasteiger partial charge >= 0.3 is 0 Å². The molecule has 0 atom stereocenters. The first-order valence-electron chi connectivity index (χ1n) is 21.9. The molecule has 3 aromatic heterocycles. The highest BCUT2D eigenvalue weighted by atomic mass is 16.3. The Balaban J connectivity index is 1.03. The standard InChI is InChI=1S/C60H39N3O/c1-3-17-41-47-34-48-44-24-10-14-28-55(44)63(56(48)35-52(47)60(49(41)4-2)50-26-12-8-22-42(50)43-23-9-13-27-51(43)60)40-21-16-20-39(32-40)59-61-53(37-18-6-5-7-19-37)36-54(62-59)38-30-31-46-45-25-11-15-29-57(45)64-58(46)33-38/h3-36H,2H2,1H3/b17-3-. The monoisotopic (exact) mass is 817 g/mol. The molecular formula is C60H39N3O. The van der Waals surface area contributed by atoms with Gasteiger partial charge < -0.3 is 8.98 Å². The molecule has 0 amide bonds. The number of aromatic nitrogens is 3. The van der Waals surface area contributed by atoms with E-state index in [1.54, 1.807) is 0 Å². The normalized spacial score (nSPS) is 13.8. The Morgan fingerprint density at radius 1 is 0.500 bits per heavy atom. The summed E-state index contributed by atoms with van der Waals surface area (Å²) in [4.78, 5) is 10.6. The summed E-state index contributed by atoms with van der Waals surface area (Å²) in [5.74, 6) is 0.651. The molecule has 11 aromatic rings. The van der Waals surface area contributed by atoms with Crippen molar-refractivity contribution in [1.82, 2.24) is 14.5 Å². The molecule has 300 valence electrons. The first kappa shape index (κ1) is 36.3. The molecule has 13 rings (SSSR count). The van der Waals surface area contributed by atoms with Gasteiger partial charge in [0.2, 0.25) is 0 Å². The number of hydrogen-bond donors (Lipinski definition) is 0. The van der Waals surface area contributed by atoms with E-state index in [2.05, 4.69) is 206 Å². The molecule has 4 heteroatoms. The van der Waals surface area contributed by atoms with E-state index in [4.69, 9.17) is 14.4 Å². The van der Waals surface area contributed by atoms with Crippen molar-refractivity contribution in [3.8, 4) is 50.7 Å². The lowest BCUT2D eigenvalue weighted by Crippen LogP contribution is -2.26. The van der Waals surface area contributed by atoms with Crippen LogP contribution in [-0.2, 0) is 5.41 Å². The quantitative estimate of drug-likeness (QED) is 0.168. The van der Waals surface area contributed by atoms with Crippen LogP contribution >= 0.6 is 0 Å². The number of furan rings is 1. The lowest BCUT2D eigenvalue weighted by molar-refractivity contribution is 0.669. The van der Waals surface area contributed by atoms with Gasteiger partial charge in [-0.2, -0.15) is 0 Å². The molecule has 0 saturated heterocycles. The molecule has 2 aliphatic carbocycles. The van der Waals surface area contributed by atoms with E-state index in [0.29, 0.717) is 5.82 Å². The summed E-state index contributed by atoms with van der Waals surface area (Å²) < 4.78 is 8.76. The molecule has 64 heavy (non-hydrogen) atoms. The van der Waals surface area contributed by atoms with E-state index in [9.17, 15) is 0 Å². The van der Waals surface area contributed by atoms with Crippen LogP contribution in [0.25, 0.3) is 100 Å². The first-order chi connectivity index (χ1) is 31.6. The third-order valence-corrected chi connectivity index (χ3v) is 13.5. The molecule has 4 nitrogen and oxygen atoms in total. The fourth-order valence-electron chi connectivity index (χ4n) is 10.9. The van der Waals surface area contributed by atoms with Crippen molar-refractivity contribution in [3.05, 3.63) is 241 Å². The fraction of sp³-hybridized carbons (Fsp3) is 0.0333. The van der Waals surface area contributed by atoms with E-state index in [1.165, 1.54) is 55.3 Å². The van der Waals surface area contributed by atoms with Crippen LogP contribution in [0.2, 0.25) is 0 Å².